The maximum Gasteiger partial charge on any atom is 0.326 e. The van der Waals surface area contributed by atoms with E-state index in [9.17, 15) is 9.59 Å². The number of benzene rings is 1. The van der Waals surface area contributed by atoms with Crippen LogP contribution in [0.3, 0.4) is 0 Å². The van der Waals surface area contributed by atoms with Crippen molar-refractivity contribution in [2.24, 2.45) is 0 Å². The van der Waals surface area contributed by atoms with Crippen molar-refractivity contribution in [2.75, 3.05) is 13.2 Å². The van der Waals surface area contributed by atoms with E-state index in [2.05, 4.69) is 0 Å². The number of amides is 1. The van der Waals surface area contributed by atoms with Crippen molar-refractivity contribution in [3.8, 4) is 5.75 Å². The molecule has 1 N–H and O–H groups in total. The largest absolute Gasteiger partial charge is 0.493 e. The maximum atomic E-state index is 12.3. The normalized spacial score (nSPS) is 20.6. The number of nitrogens with zero attached hydrogens (tertiary/aromatic N) is 1. The zero-order valence-corrected chi connectivity index (χ0v) is 11.2. The molecule has 5 nitrogen and oxygen atoms in total. The lowest BCUT2D eigenvalue weighted by molar-refractivity contribution is -0.148. The van der Waals surface area contributed by atoms with Gasteiger partial charge < -0.3 is 14.7 Å². The summed E-state index contributed by atoms with van der Waals surface area (Å²) in [6, 6.07) is 5.11. The summed E-state index contributed by atoms with van der Waals surface area (Å²) in [5.41, 5.74) is 2.06. The minimum atomic E-state index is -0.904. The lowest BCUT2D eigenvalue weighted by Crippen LogP contribution is -2.41. The van der Waals surface area contributed by atoms with Crippen LogP contribution in [0.25, 0.3) is 0 Å². The van der Waals surface area contributed by atoms with Crippen molar-refractivity contribution in [3.63, 3.8) is 0 Å². The van der Waals surface area contributed by atoms with Crippen molar-refractivity contribution >= 4 is 11.9 Å². The van der Waals surface area contributed by atoms with Gasteiger partial charge in [-0.3, -0.25) is 4.79 Å². The van der Waals surface area contributed by atoms with Gasteiger partial charge in [0.2, 0.25) is 5.91 Å². The highest BCUT2D eigenvalue weighted by atomic mass is 16.5. The minimum Gasteiger partial charge on any atom is -0.493 e. The van der Waals surface area contributed by atoms with Crippen LogP contribution in [-0.4, -0.2) is 41.1 Å². The van der Waals surface area contributed by atoms with Gasteiger partial charge >= 0.3 is 5.97 Å². The summed E-state index contributed by atoms with van der Waals surface area (Å²) < 4.78 is 5.43. The third-order valence-corrected chi connectivity index (χ3v) is 3.97. The van der Waals surface area contributed by atoms with Crippen molar-refractivity contribution in [1.82, 2.24) is 4.90 Å². The van der Waals surface area contributed by atoms with Crippen molar-refractivity contribution in [2.45, 2.75) is 31.7 Å². The van der Waals surface area contributed by atoms with Gasteiger partial charge in [-0.15, -0.1) is 0 Å². The molecule has 106 valence electrons. The molecule has 1 aromatic rings. The zero-order chi connectivity index (χ0) is 14.1. The molecule has 5 heteroatoms. The molecule has 0 saturated carbocycles. The maximum absolute atomic E-state index is 12.3. The molecular weight excluding hydrogens is 258 g/mol. The van der Waals surface area contributed by atoms with Gasteiger partial charge in [0.25, 0.3) is 0 Å². The fraction of sp³-hybridized carbons (Fsp3) is 0.467. The fourth-order valence-corrected chi connectivity index (χ4v) is 2.95. The number of rotatable bonds is 3. The van der Waals surface area contributed by atoms with Crippen LogP contribution in [0.15, 0.2) is 18.2 Å². The highest BCUT2D eigenvalue weighted by Gasteiger charge is 2.33. The smallest absolute Gasteiger partial charge is 0.326 e. The molecule has 20 heavy (non-hydrogen) atoms. The second kappa shape index (κ2) is 5.15. The Morgan fingerprint density at radius 3 is 3.05 bits per heavy atom. The summed E-state index contributed by atoms with van der Waals surface area (Å²) in [6.07, 6.45) is 2.45. The summed E-state index contributed by atoms with van der Waals surface area (Å²) in [7, 11) is 0. The number of carbonyl (C=O) groups excluding carboxylic acids is 1. The average molecular weight is 275 g/mol. The molecule has 0 radical (unpaired) electrons. The summed E-state index contributed by atoms with van der Waals surface area (Å²) in [4.78, 5) is 24.9. The quantitative estimate of drug-likeness (QED) is 0.901. The van der Waals surface area contributed by atoms with Crippen molar-refractivity contribution in [1.29, 1.82) is 0 Å². The Morgan fingerprint density at radius 2 is 2.25 bits per heavy atom. The lowest BCUT2D eigenvalue weighted by atomic mass is 10.1. The predicted molar refractivity (Wildman–Crippen MR) is 71.7 cm³/mol. The van der Waals surface area contributed by atoms with E-state index in [1.807, 2.05) is 18.2 Å². The molecule has 2 aliphatic heterocycles. The second-order valence-electron chi connectivity index (χ2n) is 5.30. The molecule has 1 amide bonds. The van der Waals surface area contributed by atoms with Gasteiger partial charge in [0.05, 0.1) is 13.0 Å². The number of carboxylic acid groups (broad SMARTS) is 1. The van der Waals surface area contributed by atoms with Gasteiger partial charge in [-0.25, -0.2) is 4.79 Å². The molecule has 1 aromatic carbocycles. The number of likely N-dealkylation sites (tertiary alicyclic amines) is 1. The molecule has 0 bridgehead atoms. The van der Waals surface area contributed by atoms with Crippen LogP contribution >= 0.6 is 0 Å². The van der Waals surface area contributed by atoms with Crippen LogP contribution in [0.2, 0.25) is 0 Å². The van der Waals surface area contributed by atoms with Gasteiger partial charge in [-0.2, -0.15) is 0 Å². The minimum absolute atomic E-state index is 0.103. The molecule has 1 saturated heterocycles. The molecular formula is C15H17NO4. The molecule has 0 aromatic heterocycles. The van der Waals surface area contributed by atoms with Gasteiger partial charge in [0.15, 0.2) is 0 Å². The first-order valence-corrected chi connectivity index (χ1v) is 6.92. The van der Waals surface area contributed by atoms with Crippen LogP contribution in [0.1, 0.15) is 24.0 Å². The van der Waals surface area contributed by atoms with Crippen molar-refractivity contribution < 1.29 is 19.4 Å². The first-order chi connectivity index (χ1) is 9.65. The van der Waals surface area contributed by atoms with E-state index in [1.165, 1.54) is 4.90 Å². The molecule has 1 fully saturated rings. The summed E-state index contributed by atoms with van der Waals surface area (Å²) in [5, 5.41) is 9.12. The number of ether oxygens (including phenoxy) is 1. The Labute approximate surface area is 117 Å². The first-order valence-electron chi connectivity index (χ1n) is 6.92. The third kappa shape index (κ3) is 2.35. The Balaban J connectivity index is 1.71. The third-order valence-electron chi connectivity index (χ3n) is 3.97. The van der Waals surface area contributed by atoms with Crippen LogP contribution < -0.4 is 4.74 Å². The highest BCUT2D eigenvalue weighted by molar-refractivity contribution is 5.85. The SMILES string of the molecule is O=C(O)[C@@H]1CCCN1C(=O)Cc1ccc2c(c1)CCO2. The predicted octanol–water partition coefficient (Wildman–Crippen LogP) is 1.24. The molecule has 2 heterocycles. The summed E-state index contributed by atoms with van der Waals surface area (Å²) in [6.45, 7) is 1.24. The Bertz CT molecular complexity index is 555. The molecule has 1 atom stereocenters. The number of aliphatic carboxylic acids is 1. The van der Waals surface area contributed by atoms with Gasteiger partial charge in [-0.1, -0.05) is 12.1 Å². The monoisotopic (exact) mass is 275 g/mol. The molecule has 2 aliphatic rings. The van der Waals surface area contributed by atoms with Gasteiger partial charge in [-0.05, 0) is 30.0 Å². The molecule has 0 aliphatic carbocycles. The topological polar surface area (TPSA) is 66.8 Å². The Hall–Kier alpha value is -2.04. The van der Waals surface area contributed by atoms with Gasteiger partial charge in [0.1, 0.15) is 11.8 Å². The molecule has 3 rings (SSSR count). The number of carboxylic acids is 1. The number of hydrogen-bond acceptors (Lipinski definition) is 3. The molecule has 0 unspecified atom stereocenters. The number of carbonyl (C=O) groups is 2. The second-order valence-corrected chi connectivity index (χ2v) is 5.30. The summed E-state index contributed by atoms with van der Waals surface area (Å²) >= 11 is 0. The zero-order valence-electron chi connectivity index (χ0n) is 11.2. The van der Waals surface area contributed by atoms with Crippen LogP contribution in [-0.2, 0) is 22.4 Å². The van der Waals surface area contributed by atoms with E-state index >= 15 is 0 Å². The lowest BCUT2D eigenvalue weighted by Gasteiger charge is -2.21. The van der Waals surface area contributed by atoms with E-state index in [-0.39, 0.29) is 12.3 Å². The Morgan fingerprint density at radius 1 is 1.40 bits per heavy atom. The van der Waals surface area contributed by atoms with Crippen molar-refractivity contribution in [3.05, 3.63) is 29.3 Å². The fourth-order valence-electron chi connectivity index (χ4n) is 2.95. The molecule has 0 spiro atoms. The van der Waals surface area contributed by atoms with E-state index in [4.69, 9.17) is 9.84 Å². The number of fused-ring (bicyclic) bond motifs is 1. The van der Waals surface area contributed by atoms with Crippen LogP contribution in [0, 0.1) is 0 Å². The summed E-state index contributed by atoms with van der Waals surface area (Å²) in [5.74, 6) is -0.113. The Kier molecular flexibility index (Phi) is 3.34. The van der Waals surface area contributed by atoms with E-state index in [0.717, 1.165) is 29.7 Å². The van der Waals surface area contributed by atoms with Gasteiger partial charge in [0, 0.05) is 13.0 Å². The van der Waals surface area contributed by atoms with E-state index in [1.54, 1.807) is 0 Å². The highest BCUT2D eigenvalue weighted by Crippen LogP contribution is 2.26. The standard InChI is InChI=1S/C15H17NO4/c17-14(16-6-1-2-12(16)15(18)19)9-10-3-4-13-11(8-10)5-7-20-13/h3-4,8,12H,1-2,5-7,9H2,(H,18,19)/t12-/m0/s1. The van der Waals surface area contributed by atoms with Crippen LogP contribution in [0.5, 0.6) is 5.75 Å². The van der Waals surface area contributed by atoms with Crippen LogP contribution in [0.4, 0.5) is 0 Å². The number of hydrogen-bond donors (Lipinski definition) is 1. The first kappa shape index (κ1) is 13.0. The van der Waals surface area contributed by atoms with E-state index < -0.39 is 12.0 Å². The van der Waals surface area contributed by atoms with E-state index in [0.29, 0.717) is 19.6 Å². The average Bonchev–Trinajstić information content (AvgIpc) is 3.06.